The molecular formula is C21H25N3O3S. The number of sulfonamides is 1. The Morgan fingerprint density at radius 1 is 1.04 bits per heavy atom. The Bertz CT molecular complexity index is 1070. The van der Waals surface area contributed by atoms with Crippen LogP contribution in [0.1, 0.15) is 25.1 Å². The molecule has 3 rings (SSSR count). The molecule has 1 aromatic heterocycles. The van der Waals surface area contributed by atoms with Gasteiger partial charge in [-0.15, -0.1) is 0 Å². The maximum atomic E-state index is 13.0. The van der Waals surface area contributed by atoms with Crippen molar-refractivity contribution < 1.29 is 12.9 Å². The van der Waals surface area contributed by atoms with Gasteiger partial charge in [0.15, 0.2) is 0 Å². The average molecular weight is 400 g/mol. The molecule has 0 bridgehead atoms. The lowest BCUT2D eigenvalue weighted by Gasteiger charge is -2.24. The molecule has 1 N–H and O–H groups in total. The Morgan fingerprint density at radius 2 is 1.68 bits per heavy atom. The third-order valence-corrected chi connectivity index (χ3v) is 6.31. The summed E-state index contributed by atoms with van der Waals surface area (Å²) >= 11 is 0. The fourth-order valence-corrected chi connectivity index (χ4v) is 4.08. The summed E-state index contributed by atoms with van der Waals surface area (Å²) in [4.78, 5) is 2.34. The fourth-order valence-electron chi connectivity index (χ4n) is 2.80. The Hall–Kier alpha value is -2.80. The zero-order valence-electron chi connectivity index (χ0n) is 16.7. The van der Waals surface area contributed by atoms with Crippen molar-refractivity contribution in [2.24, 2.45) is 0 Å². The third kappa shape index (κ3) is 3.89. The van der Waals surface area contributed by atoms with E-state index in [4.69, 9.17) is 4.52 Å². The van der Waals surface area contributed by atoms with Gasteiger partial charge in [-0.1, -0.05) is 35.5 Å². The molecular weight excluding hydrogens is 374 g/mol. The number of anilines is 2. The maximum Gasteiger partial charge on any atom is 0.264 e. The Kier molecular flexibility index (Phi) is 5.47. The molecule has 0 amide bonds. The minimum Gasteiger partial charge on any atom is -0.372 e. The molecule has 0 spiro atoms. The first-order chi connectivity index (χ1) is 13.2. The van der Waals surface area contributed by atoms with Crippen molar-refractivity contribution in [3.05, 3.63) is 59.8 Å². The average Bonchev–Trinajstić information content (AvgIpc) is 2.99. The Balaban J connectivity index is 1.98. The number of aryl methyl sites for hydroxylation is 1. The number of hydrogen-bond donors (Lipinski definition) is 1. The van der Waals surface area contributed by atoms with Crippen LogP contribution in [0.3, 0.4) is 0 Å². The summed E-state index contributed by atoms with van der Waals surface area (Å²) < 4.78 is 33.7. The predicted octanol–water partition coefficient (Wildman–Crippen LogP) is 4.60. The van der Waals surface area contributed by atoms with Crippen molar-refractivity contribution in [1.82, 2.24) is 5.16 Å². The summed E-state index contributed by atoms with van der Waals surface area (Å²) in [6.07, 6.45) is 0. The van der Waals surface area contributed by atoms with Crippen molar-refractivity contribution >= 4 is 21.6 Å². The third-order valence-electron chi connectivity index (χ3n) is 4.92. The van der Waals surface area contributed by atoms with Crippen LogP contribution < -0.4 is 9.62 Å². The summed E-state index contributed by atoms with van der Waals surface area (Å²) in [5, 5.41) is 3.81. The molecule has 0 saturated heterocycles. The number of nitrogens with one attached hydrogen (secondary N) is 1. The molecule has 1 heterocycles. The summed E-state index contributed by atoms with van der Waals surface area (Å²) in [5.41, 5.74) is 3.85. The molecule has 0 unspecified atom stereocenters. The van der Waals surface area contributed by atoms with E-state index in [1.54, 1.807) is 32.0 Å². The first-order valence-electron chi connectivity index (χ1n) is 9.08. The molecule has 0 saturated carbocycles. The molecule has 3 aromatic rings. The van der Waals surface area contributed by atoms with Crippen LogP contribution in [0.25, 0.3) is 11.1 Å². The molecule has 0 aliphatic heterocycles. The Labute approximate surface area is 166 Å². The molecule has 0 radical (unpaired) electrons. The fraction of sp³-hybridized carbons (Fsp3) is 0.286. The van der Waals surface area contributed by atoms with Crippen LogP contribution in [0.5, 0.6) is 0 Å². The van der Waals surface area contributed by atoms with Crippen molar-refractivity contribution in [3.8, 4) is 11.1 Å². The van der Waals surface area contributed by atoms with E-state index >= 15 is 0 Å². The van der Waals surface area contributed by atoms with Gasteiger partial charge in [0, 0.05) is 29.9 Å². The first-order valence-corrected chi connectivity index (χ1v) is 10.6. The monoisotopic (exact) mass is 399 g/mol. The highest BCUT2D eigenvalue weighted by Crippen LogP contribution is 2.31. The van der Waals surface area contributed by atoms with Crippen molar-refractivity contribution in [1.29, 1.82) is 0 Å². The molecule has 0 aliphatic rings. The lowest BCUT2D eigenvalue weighted by Crippen LogP contribution is -2.25. The molecule has 2 aromatic carbocycles. The van der Waals surface area contributed by atoms with Gasteiger partial charge in [0.1, 0.15) is 0 Å². The zero-order valence-corrected chi connectivity index (χ0v) is 17.5. The van der Waals surface area contributed by atoms with Gasteiger partial charge in [-0.25, -0.2) is 13.1 Å². The van der Waals surface area contributed by atoms with Crippen LogP contribution >= 0.6 is 0 Å². The molecule has 0 fully saturated rings. The summed E-state index contributed by atoms with van der Waals surface area (Å²) in [5.74, 6) is 0.140. The zero-order chi connectivity index (χ0) is 20.5. The minimum atomic E-state index is -3.84. The molecule has 0 aliphatic carbocycles. The first kappa shape index (κ1) is 19.9. The predicted molar refractivity (Wildman–Crippen MR) is 112 cm³/mol. The largest absolute Gasteiger partial charge is 0.372 e. The van der Waals surface area contributed by atoms with Gasteiger partial charge in [0.2, 0.25) is 5.88 Å². The van der Waals surface area contributed by atoms with Crippen LogP contribution in [0.2, 0.25) is 0 Å². The van der Waals surface area contributed by atoms with E-state index in [1.807, 2.05) is 37.4 Å². The molecule has 6 nitrogen and oxygen atoms in total. The summed E-state index contributed by atoms with van der Waals surface area (Å²) in [6, 6.07) is 15.2. The van der Waals surface area contributed by atoms with E-state index in [-0.39, 0.29) is 10.8 Å². The van der Waals surface area contributed by atoms with Crippen molar-refractivity contribution in [3.63, 3.8) is 0 Å². The summed E-state index contributed by atoms with van der Waals surface area (Å²) in [7, 11) is -1.80. The standard InChI is InChI=1S/C21H25N3O3S/c1-14(2)24(5)18-12-10-17(11-13-18)19-8-6-7-9-20(19)28(25,26)23-21-15(3)16(4)22-27-21/h6-14,23H,1-5H3. The van der Waals surface area contributed by atoms with Crippen LogP contribution in [0, 0.1) is 13.8 Å². The number of rotatable bonds is 6. The van der Waals surface area contributed by atoms with E-state index in [0.29, 0.717) is 22.9 Å². The lowest BCUT2D eigenvalue weighted by atomic mass is 10.1. The van der Waals surface area contributed by atoms with Gasteiger partial charge in [-0.3, -0.25) is 0 Å². The maximum absolute atomic E-state index is 13.0. The molecule has 7 heteroatoms. The normalized spacial score (nSPS) is 11.6. The van der Waals surface area contributed by atoms with E-state index in [0.717, 1.165) is 11.3 Å². The second-order valence-corrected chi connectivity index (χ2v) is 8.73. The van der Waals surface area contributed by atoms with Gasteiger partial charge in [0.05, 0.1) is 10.6 Å². The van der Waals surface area contributed by atoms with Crippen LogP contribution in [0.4, 0.5) is 11.6 Å². The quantitative estimate of drug-likeness (QED) is 0.655. The number of nitrogens with zero attached hydrogens (tertiary/aromatic N) is 2. The van der Waals surface area contributed by atoms with Gasteiger partial charge in [-0.05, 0) is 51.5 Å². The summed E-state index contributed by atoms with van der Waals surface area (Å²) in [6.45, 7) is 7.77. The van der Waals surface area contributed by atoms with E-state index < -0.39 is 10.0 Å². The molecule has 148 valence electrons. The number of benzene rings is 2. The van der Waals surface area contributed by atoms with E-state index in [1.165, 1.54) is 0 Å². The number of aromatic nitrogens is 1. The van der Waals surface area contributed by atoms with E-state index in [9.17, 15) is 8.42 Å². The number of hydrogen-bond acceptors (Lipinski definition) is 5. The minimum absolute atomic E-state index is 0.140. The van der Waals surface area contributed by atoms with Crippen LogP contribution in [-0.4, -0.2) is 26.7 Å². The van der Waals surface area contributed by atoms with E-state index in [2.05, 4.69) is 28.6 Å². The highest BCUT2D eigenvalue weighted by Gasteiger charge is 2.22. The van der Waals surface area contributed by atoms with Gasteiger partial charge < -0.3 is 9.42 Å². The SMILES string of the molecule is Cc1noc(NS(=O)(=O)c2ccccc2-c2ccc(N(C)C(C)C)cc2)c1C. The topological polar surface area (TPSA) is 75.4 Å². The van der Waals surface area contributed by atoms with Crippen molar-refractivity contribution in [2.45, 2.75) is 38.6 Å². The second kappa shape index (κ2) is 7.67. The second-order valence-electron chi connectivity index (χ2n) is 7.08. The lowest BCUT2D eigenvalue weighted by molar-refractivity contribution is 0.430. The highest BCUT2D eigenvalue weighted by molar-refractivity contribution is 7.92. The van der Waals surface area contributed by atoms with Gasteiger partial charge in [0.25, 0.3) is 10.0 Å². The smallest absolute Gasteiger partial charge is 0.264 e. The van der Waals surface area contributed by atoms with Crippen LogP contribution in [0.15, 0.2) is 57.9 Å². The highest BCUT2D eigenvalue weighted by atomic mass is 32.2. The van der Waals surface area contributed by atoms with Gasteiger partial charge >= 0.3 is 0 Å². The molecule has 28 heavy (non-hydrogen) atoms. The Morgan fingerprint density at radius 3 is 2.25 bits per heavy atom. The van der Waals surface area contributed by atoms with Crippen LogP contribution in [-0.2, 0) is 10.0 Å². The van der Waals surface area contributed by atoms with Crippen molar-refractivity contribution in [2.75, 3.05) is 16.7 Å². The van der Waals surface area contributed by atoms with Gasteiger partial charge in [-0.2, -0.15) is 0 Å². The molecule has 0 atom stereocenters.